The Labute approximate surface area is 166 Å². The maximum absolute atomic E-state index is 11.7. The minimum Gasteiger partial charge on any atom is -0.478 e. The first-order valence-electron chi connectivity index (χ1n) is 10.3. The number of unbranched alkanes of at least 4 members (excludes halogenated alkanes) is 1. The van der Waals surface area contributed by atoms with Crippen molar-refractivity contribution in [2.75, 3.05) is 6.54 Å². The van der Waals surface area contributed by atoms with E-state index in [0.29, 0.717) is 24.4 Å². The number of nitrogens with zero attached hydrogens (tertiary/aromatic N) is 1. The van der Waals surface area contributed by atoms with E-state index in [4.69, 9.17) is 9.84 Å². The highest BCUT2D eigenvalue weighted by Crippen LogP contribution is 2.44. The van der Waals surface area contributed by atoms with E-state index < -0.39 is 5.97 Å². The molecule has 0 saturated carbocycles. The topological polar surface area (TPSA) is 88.0 Å². The minimum absolute atomic E-state index is 0.199. The van der Waals surface area contributed by atoms with Crippen LogP contribution in [0.5, 0.6) is 0 Å². The summed E-state index contributed by atoms with van der Waals surface area (Å²) in [4.78, 5) is 22.7. The number of aryl methyl sites for hydroxylation is 1. The predicted molar refractivity (Wildman–Crippen MR) is 108 cm³/mol. The van der Waals surface area contributed by atoms with Crippen LogP contribution in [0.1, 0.15) is 61.4 Å². The van der Waals surface area contributed by atoms with E-state index in [1.54, 1.807) is 12.1 Å². The van der Waals surface area contributed by atoms with E-state index in [1.165, 1.54) is 0 Å². The number of rotatable bonds is 11. The predicted octanol–water partition coefficient (Wildman–Crippen LogP) is 3.45. The molecule has 152 valence electrons. The van der Waals surface area contributed by atoms with Gasteiger partial charge in [0.2, 0.25) is 0 Å². The summed E-state index contributed by atoms with van der Waals surface area (Å²) in [5, 5.41) is 13.3. The second-order valence-corrected chi connectivity index (χ2v) is 7.83. The van der Waals surface area contributed by atoms with Gasteiger partial charge in [-0.25, -0.2) is 4.79 Å². The van der Waals surface area contributed by atoms with Crippen molar-refractivity contribution >= 4 is 18.0 Å². The van der Waals surface area contributed by atoms with E-state index in [2.05, 4.69) is 17.5 Å². The molecule has 6 heteroatoms. The van der Waals surface area contributed by atoms with Gasteiger partial charge in [0, 0.05) is 18.6 Å². The first-order chi connectivity index (χ1) is 13.6. The lowest BCUT2D eigenvalue weighted by atomic mass is 9.77. The second-order valence-electron chi connectivity index (χ2n) is 7.83. The third kappa shape index (κ3) is 5.19. The van der Waals surface area contributed by atoms with Gasteiger partial charge in [-0.1, -0.05) is 25.5 Å². The number of Topliss-reactive ketones (excluding diaryl/α,β-unsaturated/α-hetero) is 1. The number of hydrogen-bond acceptors (Lipinski definition) is 5. The van der Waals surface area contributed by atoms with Gasteiger partial charge in [0.15, 0.2) is 5.78 Å². The number of benzene rings is 1. The zero-order valence-corrected chi connectivity index (χ0v) is 16.5. The Morgan fingerprint density at radius 2 is 2.00 bits per heavy atom. The summed E-state index contributed by atoms with van der Waals surface area (Å²) < 4.78 is 6.10. The number of fused-ring (bicyclic) bond motifs is 2. The van der Waals surface area contributed by atoms with Crippen LogP contribution in [0.4, 0.5) is 0 Å². The van der Waals surface area contributed by atoms with Gasteiger partial charge in [-0.2, -0.15) is 5.10 Å². The van der Waals surface area contributed by atoms with Crippen molar-refractivity contribution in [3.63, 3.8) is 0 Å². The van der Waals surface area contributed by atoms with Crippen molar-refractivity contribution in [2.24, 2.45) is 16.9 Å². The highest BCUT2D eigenvalue weighted by atomic mass is 16.5. The van der Waals surface area contributed by atoms with Crippen molar-refractivity contribution in [3.05, 3.63) is 35.4 Å². The maximum Gasteiger partial charge on any atom is 0.335 e. The van der Waals surface area contributed by atoms with Crippen molar-refractivity contribution in [1.82, 2.24) is 5.43 Å². The molecule has 4 atom stereocenters. The molecular weight excluding hydrogens is 356 g/mol. The molecule has 0 aromatic heterocycles. The fourth-order valence-corrected chi connectivity index (χ4v) is 4.28. The summed E-state index contributed by atoms with van der Waals surface area (Å²) in [6.45, 7) is 2.37. The molecule has 2 saturated heterocycles. The summed E-state index contributed by atoms with van der Waals surface area (Å²) >= 11 is 0. The number of nitrogens with one attached hydrogen (secondary N) is 1. The van der Waals surface area contributed by atoms with Gasteiger partial charge < -0.3 is 15.3 Å². The zero-order valence-electron chi connectivity index (χ0n) is 16.5. The Hall–Kier alpha value is -2.21. The van der Waals surface area contributed by atoms with E-state index in [-0.39, 0.29) is 23.9 Å². The number of hydrazone groups is 1. The standard InChI is InChI=1S/C22H30N2O4/c1-2-3-4-17(25)13-23-24-14-19-18(20-11-12-21(19)28-20)10-7-15-5-8-16(9-6-15)22(26)27/h5-6,8-9,14,18-21,23H,2-4,7,10-13H2,1H3,(H,26,27)/t18-,19-,20-,21+/m0/s1. The average Bonchev–Trinajstić information content (AvgIpc) is 3.30. The SMILES string of the molecule is CCCCC(=O)CNN=C[C@H]1[C@H](CCc2ccc(C(=O)O)cc2)[C@@H]2CC[C@H]1O2. The molecule has 2 aliphatic heterocycles. The van der Waals surface area contributed by atoms with Crippen molar-refractivity contribution in [1.29, 1.82) is 0 Å². The van der Waals surface area contributed by atoms with Crippen LogP contribution in [0.2, 0.25) is 0 Å². The number of aromatic carboxylic acids is 1. The second kappa shape index (κ2) is 9.82. The van der Waals surface area contributed by atoms with Crippen molar-refractivity contribution in [2.45, 2.75) is 64.1 Å². The summed E-state index contributed by atoms with van der Waals surface area (Å²) in [7, 11) is 0. The van der Waals surface area contributed by atoms with Crippen LogP contribution in [0.3, 0.4) is 0 Å². The molecule has 1 aromatic rings. The lowest BCUT2D eigenvalue weighted by Gasteiger charge is -2.25. The molecule has 0 spiro atoms. The number of carbonyl (C=O) groups excluding carboxylic acids is 1. The first-order valence-corrected chi connectivity index (χ1v) is 10.3. The number of carboxylic acid groups (broad SMARTS) is 1. The highest BCUT2D eigenvalue weighted by molar-refractivity contribution is 5.87. The van der Waals surface area contributed by atoms with Crippen molar-refractivity contribution < 1.29 is 19.4 Å². The molecule has 0 amide bonds. The number of hydrogen-bond donors (Lipinski definition) is 2. The molecular formula is C22H30N2O4. The molecule has 0 unspecified atom stereocenters. The average molecular weight is 386 g/mol. The molecule has 28 heavy (non-hydrogen) atoms. The largest absolute Gasteiger partial charge is 0.478 e. The molecule has 1 aromatic carbocycles. The molecule has 2 fully saturated rings. The number of ether oxygens (including phenoxy) is 1. The lowest BCUT2D eigenvalue weighted by molar-refractivity contribution is -0.118. The quantitative estimate of drug-likeness (QED) is 0.449. The smallest absolute Gasteiger partial charge is 0.335 e. The molecule has 6 nitrogen and oxygen atoms in total. The van der Waals surface area contributed by atoms with Gasteiger partial charge in [0.1, 0.15) is 0 Å². The molecule has 3 rings (SSSR count). The molecule has 0 aliphatic carbocycles. The minimum atomic E-state index is -0.898. The van der Waals surface area contributed by atoms with Crippen LogP contribution in [0.25, 0.3) is 0 Å². The van der Waals surface area contributed by atoms with E-state index in [0.717, 1.165) is 44.1 Å². The van der Waals surface area contributed by atoms with Gasteiger partial charge in [0.05, 0.1) is 24.3 Å². The van der Waals surface area contributed by atoms with Crippen LogP contribution in [-0.4, -0.2) is 41.8 Å². The summed E-state index contributed by atoms with van der Waals surface area (Å²) in [6, 6.07) is 7.11. The Morgan fingerprint density at radius 1 is 1.25 bits per heavy atom. The number of carboxylic acids is 1. The van der Waals surface area contributed by atoms with Gasteiger partial charge in [-0.05, 0) is 55.7 Å². The Kier molecular flexibility index (Phi) is 7.20. The summed E-state index contributed by atoms with van der Waals surface area (Å²) in [5.74, 6) is -0.0101. The number of carbonyl (C=O) groups is 2. The molecule has 2 heterocycles. The molecule has 2 bridgehead atoms. The third-order valence-electron chi connectivity index (χ3n) is 5.88. The van der Waals surface area contributed by atoms with E-state index in [1.807, 2.05) is 18.3 Å². The van der Waals surface area contributed by atoms with Gasteiger partial charge in [0.25, 0.3) is 0 Å². The molecule has 2 N–H and O–H groups in total. The van der Waals surface area contributed by atoms with Gasteiger partial charge >= 0.3 is 5.97 Å². The zero-order chi connectivity index (χ0) is 19.9. The van der Waals surface area contributed by atoms with Crippen LogP contribution in [0, 0.1) is 11.8 Å². The van der Waals surface area contributed by atoms with Crippen LogP contribution >= 0.6 is 0 Å². The normalized spacial score (nSPS) is 26.0. The van der Waals surface area contributed by atoms with Crippen LogP contribution < -0.4 is 5.43 Å². The van der Waals surface area contributed by atoms with E-state index >= 15 is 0 Å². The van der Waals surface area contributed by atoms with Gasteiger partial charge in [-0.15, -0.1) is 0 Å². The first kappa shape index (κ1) is 20.5. The van der Waals surface area contributed by atoms with Gasteiger partial charge in [-0.3, -0.25) is 4.79 Å². The van der Waals surface area contributed by atoms with E-state index in [9.17, 15) is 9.59 Å². The van der Waals surface area contributed by atoms with Crippen LogP contribution in [0.15, 0.2) is 29.4 Å². The summed E-state index contributed by atoms with van der Waals surface area (Å²) in [6.07, 6.45) is 9.06. The highest BCUT2D eigenvalue weighted by Gasteiger charge is 2.47. The Balaban J connectivity index is 1.50. The lowest BCUT2D eigenvalue weighted by Crippen LogP contribution is -2.29. The Morgan fingerprint density at radius 3 is 2.71 bits per heavy atom. The van der Waals surface area contributed by atoms with Crippen LogP contribution in [-0.2, 0) is 16.0 Å². The monoisotopic (exact) mass is 386 g/mol. The fourth-order valence-electron chi connectivity index (χ4n) is 4.28. The Bertz CT molecular complexity index is 701. The summed E-state index contributed by atoms with van der Waals surface area (Å²) in [5.41, 5.74) is 4.36. The maximum atomic E-state index is 11.7. The molecule has 0 radical (unpaired) electrons. The molecule has 2 aliphatic rings. The van der Waals surface area contributed by atoms with Crippen molar-refractivity contribution in [3.8, 4) is 0 Å². The third-order valence-corrected chi connectivity index (χ3v) is 5.88. The fraction of sp³-hybridized carbons (Fsp3) is 0.591. The number of ketones is 1.